The van der Waals surface area contributed by atoms with Crippen molar-refractivity contribution in [2.75, 3.05) is 31.3 Å². The van der Waals surface area contributed by atoms with Gasteiger partial charge in [0.25, 0.3) is 0 Å². The van der Waals surface area contributed by atoms with Crippen LogP contribution in [0.3, 0.4) is 0 Å². The first kappa shape index (κ1) is 21.1. The highest BCUT2D eigenvalue weighted by Gasteiger charge is 2.14. The Hall–Kier alpha value is -3.61. The number of hydrogen-bond acceptors (Lipinski definition) is 6. The summed E-state index contributed by atoms with van der Waals surface area (Å²) in [5.74, 6) is 1.33. The van der Waals surface area contributed by atoms with E-state index in [1.54, 1.807) is 31.3 Å². The second kappa shape index (κ2) is 9.73. The number of aromatic nitrogens is 1. The largest absolute Gasteiger partial charge is 0.459 e. The van der Waals surface area contributed by atoms with Crippen LogP contribution in [-0.2, 0) is 16.1 Å². The quantitative estimate of drug-likeness (QED) is 0.319. The molecule has 7 nitrogen and oxygen atoms in total. The number of likely N-dealkylation sites (N-methyl/N-ethyl adjacent to an activating group) is 1. The van der Waals surface area contributed by atoms with Crippen LogP contribution in [0.4, 0.5) is 11.5 Å². The number of benzene rings is 1. The Morgan fingerprint density at radius 3 is 2.83 bits per heavy atom. The van der Waals surface area contributed by atoms with Gasteiger partial charge in [0, 0.05) is 50.3 Å². The zero-order chi connectivity index (χ0) is 21.5. The van der Waals surface area contributed by atoms with E-state index in [2.05, 4.69) is 15.6 Å². The van der Waals surface area contributed by atoms with E-state index in [0.29, 0.717) is 25.3 Å². The molecule has 30 heavy (non-hydrogen) atoms. The first-order chi connectivity index (χ1) is 14.5. The maximum Gasteiger partial charge on any atom is 0.246 e. The van der Waals surface area contributed by atoms with Crippen molar-refractivity contribution in [2.45, 2.75) is 19.9 Å². The van der Waals surface area contributed by atoms with Gasteiger partial charge in [0.15, 0.2) is 0 Å². The molecule has 0 atom stereocenters. The molecule has 0 radical (unpaired) electrons. The minimum atomic E-state index is -0.136. The summed E-state index contributed by atoms with van der Waals surface area (Å²) >= 11 is 0. The van der Waals surface area contributed by atoms with Gasteiger partial charge < -0.3 is 24.7 Å². The van der Waals surface area contributed by atoms with Crippen LogP contribution in [0, 0.1) is 6.92 Å². The number of nitrogens with zero attached hydrogens (tertiary/aromatic N) is 2. The standard InChI is InChI=1S/C23H26N4O3/c1-16-18-7-4-5-8-20(18)30-21(16)15-27(3)22(29)10-9-17-13-19(25-11-6-12-28)23(24-2)26-14-17/h4-5,7-10,12-14,25H,6,11,15H2,1-3H3,(H,24,26)/b10-9+. The van der Waals surface area contributed by atoms with E-state index in [9.17, 15) is 9.59 Å². The number of carbonyl (C=O) groups excluding carboxylic acids is 2. The van der Waals surface area contributed by atoms with Crippen LogP contribution in [0.1, 0.15) is 23.3 Å². The molecule has 0 saturated heterocycles. The van der Waals surface area contributed by atoms with Crippen LogP contribution in [-0.4, -0.2) is 42.7 Å². The Morgan fingerprint density at radius 1 is 1.30 bits per heavy atom. The number of aryl methyl sites for hydroxylation is 1. The highest BCUT2D eigenvalue weighted by molar-refractivity contribution is 5.92. The number of rotatable bonds is 9. The van der Waals surface area contributed by atoms with E-state index in [4.69, 9.17) is 4.42 Å². The molecule has 0 bridgehead atoms. The Morgan fingerprint density at radius 2 is 2.10 bits per heavy atom. The molecule has 156 valence electrons. The molecule has 0 aliphatic heterocycles. The van der Waals surface area contributed by atoms with Crippen molar-refractivity contribution in [3.63, 3.8) is 0 Å². The van der Waals surface area contributed by atoms with E-state index < -0.39 is 0 Å². The molecule has 1 aromatic carbocycles. The topological polar surface area (TPSA) is 87.5 Å². The molecule has 2 aromatic heterocycles. The van der Waals surface area contributed by atoms with E-state index in [-0.39, 0.29) is 5.91 Å². The zero-order valence-electron chi connectivity index (χ0n) is 17.4. The van der Waals surface area contributed by atoms with Gasteiger partial charge in [-0.25, -0.2) is 4.98 Å². The third-order valence-electron chi connectivity index (χ3n) is 4.84. The number of carbonyl (C=O) groups is 2. The van der Waals surface area contributed by atoms with Crippen molar-refractivity contribution in [3.8, 4) is 0 Å². The molecule has 0 unspecified atom stereocenters. The summed E-state index contributed by atoms with van der Waals surface area (Å²) in [6.45, 7) is 2.91. The van der Waals surface area contributed by atoms with Crippen LogP contribution in [0.15, 0.2) is 47.0 Å². The summed E-state index contributed by atoms with van der Waals surface area (Å²) in [4.78, 5) is 29.1. The molecule has 0 saturated carbocycles. The fourth-order valence-electron chi connectivity index (χ4n) is 3.14. The number of anilines is 2. The smallest absolute Gasteiger partial charge is 0.246 e. The van der Waals surface area contributed by atoms with Crippen LogP contribution in [0.5, 0.6) is 0 Å². The van der Waals surface area contributed by atoms with E-state index in [0.717, 1.165) is 39.8 Å². The van der Waals surface area contributed by atoms with Gasteiger partial charge >= 0.3 is 0 Å². The lowest BCUT2D eigenvalue weighted by molar-refractivity contribution is -0.125. The number of amides is 1. The molecule has 2 N–H and O–H groups in total. The summed E-state index contributed by atoms with van der Waals surface area (Å²) in [6, 6.07) is 9.73. The number of fused-ring (bicyclic) bond motifs is 1. The van der Waals surface area contributed by atoms with Crippen molar-refractivity contribution in [3.05, 3.63) is 59.5 Å². The first-order valence-electron chi connectivity index (χ1n) is 9.79. The number of para-hydroxylation sites is 1. The van der Waals surface area contributed by atoms with Crippen molar-refractivity contribution in [1.82, 2.24) is 9.88 Å². The normalized spacial score (nSPS) is 11.0. The molecule has 0 aliphatic rings. The molecule has 0 aliphatic carbocycles. The van der Waals surface area contributed by atoms with Crippen molar-refractivity contribution in [1.29, 1.82) is 0 Å². The van der Waals surface area contributed by atoms with Gasteiger partial charge in [-0.15, -0.1) is 0 Å². The fourth-order valence-corrected chi connectivity index (χ4v) is 3.14. The Balaban J connectivity index is 1.69. The lowest BCUT2D eigenvalue weighted by Gasteiger charge is -2.14. The minimum Gasteiger partial charge on any atom is -0.459 e. The van der Waals surface area contributed by atoms with E-state index >= 15 is 0 Å². The number of aldehydes is 1. The average Bonchev–Trinajstić information content (AvgIpc) is 3.07. The monoisotopic (exact) mass is 406 g/mol. The molecule has 7 heteroatoms. The number of pyridine rings is 1. The van der Waals surface area contributed by atoms with Gasteiger partial charge in [0.2, 0.25) is 5.91 Å². The van der Waals surface area contributed by atoms with E-state index in [1.165, 1.54) is 6.08 Å². The van der Waals surface area contributed by atoms with Gasteiger partial charge in [-0.1, -0.05) is 18.2 Å². The predicted octanol–water partition coefficient (Wildman–Crippen LogP) is 3.85. The van der Waals surface area contributed by atoms with Gasteiger partial charge in [0.05, 0.1) is 12.2 Å². The first-order valence-corrected chi connectivity index (χ1v) is 9.79. The maximum atomic E-state index is 12.6. The third-order valence-corrected chi connectivity index (χ3v) is 4.84. The Kier molecular flexibility index (Phi) is 6.85. The fraction of sp³-hybridized carbons (Fsp3) is 0.261. The van der Waals surface area contributed by atoms with Gasteiger partial charge in [-0.05, 0) is 30.7 Å². The maximum absolute atomic E-state index is 12.6. The third kappa shape index (κ3) is 4.86. The van der Waals surface area contributed by atoms with Crippen molar-refractivity contribution in [2.24, 2.45) is 0 Å². The predicted molar refractivity (Wildman–Crippen MR) is 119 cm³/mol. The van der Waals surface area contributed by atoms with Crippen LogP contribution < -0.4 is 10.6 Å². The SMILES string of the molecule is CNc1ncc(/C=C/C(=O)N(C)Cc2oc3ccccc3c2C)cc1NCCC=O. The molecular formula is C23H26N4O3. The summed E-state index contributed by atoms with van der Waals surface area (Å²) in [5, 5.41) is 7.24. The molecule has 2 heterocycles. The summed E-state index contributed by atoms with van der Waals surface area (Å²) in [7, 11) is 3.52. The highest BCUT2D eigenvalue weighted by atomic mass is 16.3. The second-order valence-corrected chi connectivity index (χ2v) is 6.97. The minimum absolute atomic E-state index is 0.136. The van der Waals surface area contributed by atoms with Crippen LogP contribution in [0.2, 0.25) is 0 Å². The highest BCUT2D eigenvalue weighted by Crippen LogP contribution is 2.26. The molecule has 3 aromatic rings. The molecule has 0 spiro atoms. The van der Waals surface area contributed by atoms with Crippen LogP contribution >= 0.6 is 0 Å². The number of hydrogen-bond donors (Lipinski definition) is 2. The van der Waals surface area contributed by atoms with Gasteiger partial charge in [0.1, 0.15) is 23.4 Å². The van der Waals surface area contributed by atoms with Gasteiger partial charge in [-0.2, -0.15) is 0 Å². The molecule has 1 amide bonds. The van der Waals surface area contributed by atoms with Crippen LogP contribution in [0.25, 0.3) is 17.0 Å². The number of furan rings is 1. The average molecular weight is 406 g/mol. The summed E-state index contributed by atoms with van der Waals surface area (Å²) in [6.07, 6.45) is 6.20. The van der Waals surface area contributed by atoms with Gasteiger partial charge in [-0.3, -0.25) is 4.79 Å². The molecule has 0 fully saturated rings. The summed E-state index contributed by atoms with van der Waals surface area (Å²) in [5.41, 5.74) is 3.43. The van der Waals surface area contributed by atoms with Crippen molar-refractivity contribution < 1.29 is 14.0 Å². The Labute approximate surface area is 175 Å². The zero-order valence-corrected chi connectivity index (χ0v) is 17.4. The summed E-state index contributed by atoms with van der Waals surface area (Å²) < 4.78 is 5.90. The molecule has 3 rings (SSSR count). The Bertz CT molecular complexity index is 1070. The lowest BCUT2D eigenvalue weighted by Crippen LogP contribution is -2.24. The van der Waals surface area contributed by atoms with E-state index in [1.807, 2.05) is 37.3 Å². The second-order valence-electron chi connectivity index (χ2n) is 6.97. The number of nitrogens with one attached hydrogen (secondary N) is 2. The lowest BCUT2D eigenvalue weighted by atomic mass is 10.1. The van der Waals surface area contributed by atoms with Crippen molar-refractivity contribution >= 4 is 40.7 Å². The molecular weight excluding hydrogens is 380 g/mol.